The maximum absolute atomic E-state index is 12.1. The molecule has 1 aliphatic heterocycles. The first-order valence-corrected chi connectivity index (χ1v) is 8.80. The molecule has 5 heteroatoms. The van der Waals surface area contributed by atoms with E-state index in [0.29, 0.717) is 18.9 Å². The first-order valence-electron chi connectivity index (χ1n) is 8.80. The molecular formula is C21H21NO4. The number of fused-ring (bicyclic) bond motifs is 3. The number of anilines is 1. The molecule has 0 spiro atoms. The van der Waals surface area contributed by atoms with Crippen LogP contribution in [-0.4, -0.2) is 13.8 Å². The van der Waals surface area contributed by atoms with Gasteiger partial charge < -0.3 is 18.8 Å². The predicted octanol–water partition coefficient (Wildman–Crippen LogP) is 4.11. The molecule has 5 nitrogen and oxygen atoms in total. The van der Waals surface area contributed by atoms with Gasteiger partial charge in [0.25, 0.3) is 0 Å². The summed E-state index contributed by atoms with van der Waals surface area (Å²) in [6.45, 7) is 3.18. The van der Waals surface area contributed by atoms with Crippen molar-refractivity contribution in [2.45, 2.75) is 26.3 Å². The average molecular weight is 351 g/mol. The van der Waals surface area contributed by atoms with Gasteiger partial charge in [0.05, 0.1) is 19.2 Å². The summed E-state index contributed by atoms with van der Waals surface area (Å²) in [7, 11) is 1.65. The van der Waals surface area contributed by atoms with E-state index in [1.54, 1.807) is 13.2 Å². The average Bonchev–Trinajstić information content (AvgIpc) is 2.67. The van der Waals surface area contributed by atoms with E-state index >= 15 is 0 Å². The van der Waals surface area contributed by atoms with Crippen LogP contribution in [0.2, 0.25) is 0 Å². The standard InChI is InChI=1S/C21H21NO4/c1-3-4-14-11-20(23)26-21-17(14)9-10-19-18(21)12-22(13-25-19)15-5-7-16(24-2)8-6-15/h5-11H,3-4,12-13H2,1-2H3. The topological polar surface area (TPSA) is 51.9 Å². The van der Waals surface area contributed by atoms with Crippen molar-refractivity contribution in [1.29, 1.82) is 0 Å². The highest BCUT2D eigenvalue weighted by molar-refractivity contribution is 5.85. The Labute approximate surface area is 151 Å². The van der Waals surface area contributed by atoms with Crippen LogP contribution in [0.3, 0.4) is 0 Å². The lowest BCUT2D eigenvalue weighted by Gasteiger charge is -2.31. The van der Waals surface area contributed by atoms with Crippen LogP contribution in [0, 0.1) is 0 Å². The van der Waals surface area contributed by atoms with Crippen molar-refractivity contribution in [3.8, 4) is 11.5 Å². The van der Waals surface area contributed by atoms with Gasteiger partial charge in [-0.15, -0.1) is 0 Å². The van der Waals surface area contributed by atoms with Crippen molar-refractivity contribution in [2.75, 3.05) is 18.7 Å². The fourth-order valence-corrected chi connectivity index (χ4v) is 3.43. The molecule has 4 rings (SSSR count). The van der Waals surface area contributed by atoms with Gasteiger partial charge in [0.1, 0.15) is 17.1 Å². The minimum absolute atomic E-state index is 0.309. The summed E-state index contributed by atoms with van der Waals surface area (Å²) in [5.41, 5.74) is 3.30. The Balaban J connectivity index is 1.77. The van der Waals surface area contributed by atoms with Gasteiger partial charge in [0, 0.05) is 17.1 Å². The van der Waals surface area contributed by atoms with Crippen LogP contribution in [0.25, 0.3) is 11.0 Å². The molecule has 1 aliphatic rings. The molecule has 2 aromatic carbocycles. The molecule has 0 N–H and O–H groups in total. The van der Waals surface area contributed by atoms with Crippen LogP contribution in [0.15, 0.2) is 51.7 Å². The maximum Gasteiger partial charge on any atom is 0.336 e. The summed E-state index contributed by atoms with van der Waals surface area (Å²) in [6.07, 6.45) is 1.83. The third-order valence-electron chi connectivity index (χ3n) is 4.74. The van der Waals surface area contributed by atoms with Gasteiger partial charge >= 0.3 is 5.63 Å². The molecule has 0 fully saturated rings. The predicted molar refractivity (Wildman–Crippen MR) is 101 cm³/mol. The number of benzene rings is 2. The molecule has 0 unspecified atom stereocenters. The van der Waals surface area contributed by atoms with E-state index in [1.807, 2.05) is 36.4 Å². The van der Waals surface area contributed by atoms with E-state index in [-0.39, 0.29) is 5.63 Å². The first kappa shape index (κ1) is 16.5. The molecule has 0 radical (unpaired) electrons. The Kier molecular flexibility index (Phi) is 4.29. The third-order valence-corrected chi connectivity index (χ3v) is 4.74. The lowest BCUT2D eigenvalue weighted by atomic mass is 10.0. The highest BCUT2D eigenvalue weighted by Gasteiger charge is 2.22. The van der Waals surface area contributed by atoms with Gasteiger partial charge in [-0.2, -0.15) is 0 Å². The van der Waals surface area contributed by atoms with Crippen LogP contribution < -0.4 is 20.0 Å². The Morgan fingerprint density at radius 1 is 1.15 bits per heavy atom. The smallest absolute Gasteiger partial charge is 0.336 e. The molecule has 0 amide bonds. The number of rotatable bonds is 4. The largest absolute Gasteiger partial charge is 0.497 e. The normalized spacial score (nSPS) is 13.4. The van der Waals surface area contributed by atoms with Crippen molar-refractivity contribution in [3.05, 3.63) is 64.0 Å². The van der Waals surface area contributed by atoms with Crippen LogP contribution in [0.4, 0.5) is 5.69 Å². The highest BCUT2D eigenvalue weighted by atomic mass is 16.5. The monoisotopic (exact) mass is 351 g/mol. The number of methoxy groups -OCH3 is 1. The van der Waals surface area contributed by atoms with Crippen molar-refractivity contribution >= 4 is 16.7 Å². The van der Waals surface area contributed by atoms with Crippen LogP contribution in [0.1, 0.15) is 24.5 Å². The van der Waals surface area contributed by atoms with Crippen molar-refractivity contribution in [2.24, 2.45) is 0 Å². The molecule has 2 heterocycles. The molecule has 0 aliphatic carbocycles. The minimum Gasteiger partial charge on any atom is -0.497 e. The van der Waals surface area contributed by atoms with Gasteiger partial charge in [0.15, 0.2) is 6.73 Å². The molecule has 26 heavy (non-hydrogen) atoms. The second kappa shape index (κ2) is 6.75. The van der Waals surface area contributed by atoms with E-state index < -0.39 is 0 Å². The SMILES string of the molecule is CCCc1cc(=O)oc2c3c(ccc12)OCN(c1ccc(OC)cc1)C3. The van der Waals surface area contributed by atoms with Gasteiger partial charge in [-0.05, 0) is 48.4 Å². The molecule has 0 saturated heterocycles. The minimum atomic E-state index is -0.309. The Bertz CT molecular complexity index is 991. The Morgan fingerprint density at radius 2 is 1.96 bits per heavy atom. The van der Waals surface area contributed by atoms with Gasteiger partial charge in [0.2, 0.25) is 0 Å². The Hall–Kier alpha value is -2.95. The Morgan fingerprint density at radius 3 is 2.69 bits per heavy atom. The van der Waals surface area contributed by atoms with Gasteiger partial charge in [-0.25, -0.2) is 4.79 Å². The second-order valence-electron chi connectivity index (χ2n) is 6.43. The molecule has 3 aromatic rings. The van der Waals surface area contributed by atoms with E-state index in [0.717, 1.165) is 46.5 Å². The number of aryl methyl sites for hydroxylation is 1. The zero-order valence-electron chi connectivity index (χ0n) is 15.0. The van der Waals surface area contributed by atoms with Gasteiger partial charge in [-0.3, -0.25) is 0 Å². The maximum atomic E-state index is 12.1. The van der Waals surface area contributed by atoms with E-state index in [2.05, 4.69) is 11.8 Å². The third kappa shape index (κ3) is 2.90. The van der Waals surface area contributed by atoms with E-state index in [1.165, 1.54) is 0 Å². The second-order valence-corrected chi connectivity index (χ2v) is 6.43. The molecule has 0 bridgehead atoms. The summed E-state index contributed by atoms with van der Waals surface area (Å²) in [4.78, 5) is 14.2. The molecule has 0 saturated carbocycles. The summed E-state index contributed by atoms with van der Waals surface area (Å²) in [6, 6.07) is 13.4. The lowest BCUT2D eigenvalue weighted by molar-refractivity contribution is 0.289. The van der Waals surface area contributed by atoms with Crippen LogP contribution in [-0.2, 0) is 13.0 Å². The van der Waals surface area contributed by atoms with Crippen LogP contribution >= 0.6 is 0 Å². The van der Waals surface area contributed by atoms with Crippen molar-refractivity contribution < 1.29 is 13.9 Å². The fourth-order valence-electron chi connectivity index (χ4n) is 3.43. The molecule has 0 atom stereocenters. The van der Waals surface area contributed by atoms with Crippen LogP contribution in [0.5, 0.6) is 11.5 Å². The molecular weight excluding hydrogens is 330 g/mol. The molecule has 134 valence electrons. The first-order chi connectivity index (χ1) is 12.7. The summed E-state index contributed by atoms with van der Waals surface area (Å²) in [5.74, 6) is 1.59. The summed E-state index contributed by atoms with van der Waals surface area (Å²) >= 11 is 0. The van der Waals surface area contributed by atoms with Gasteiger partial charge in [-0.1, -0.05) is 13.3 Å². The summed E-state index contributed by atoms with van der Waals surface area (Å²) in [5, 5.41) is 0.991. The summed E-state index contributed by atoms with van der Waals surface area (Å²) < 4.78 is 16.7. The lowest BCUT2D eigenvalue weighted by Crippen LogP contribution is -2.32. The fraction of sp³-hybridized carbons (Fsp3) is 0.286. The van der Waals surface area contributed by atoms with E-state index in [4.69, 9.17) is 13.9 Å². The molecule has 1 aromatic heterocycles. The van der Waals surface area contributed by atoms with Crippen molar-refractivity contribution in [3.63, 3.8) is 0 Å². The zero-order chi connectivity index (χ0) is 18.1. The number of hydrogen-bond donors (Lipinski definition) is 0. The highest BCUT2D eigenvalue weighted by Crippen LogP contribution is 2.35. The number of nitrogens with zero attached hydrogens (tertiary/aromatic N) is 1. The quantitative estimate of drug-likeness (QED) is 0.662. The van der Waals surface area contributed by atoms with E-state index in [9.17, 15) is 4.79 Å². The van der Waals surface area contributed by atoms with Crippen molar-refractivity contribution in [1.82, 2.24) is 0 Å². The number of ether oxygens (including phenoxy) is 2. The zero-order valence-corrected chi connectivity index (χ0v) is 15.0. The number of hydrogen-bond acceptors (Lipinski definition) is 5.